The summed E-state index contributed by atoms with van der Waals surface area (Å²) in [5, 5.41) is 5.19. The van der Waals surface area contributed by atoms with Gasteiger partial charge in [0.05, 0.1) is 7.11 Å². The molecule has 0 aliphatic rings. The molecular weight excluding hydrogens is 246 g/mol. The van der Waals surface area contributed by atoms with Crippen LogP contribution in [0.25, 0.3) is 0 Å². The van der Waals surface area contributed by atoms with Crippen LogP contribution in [0, 0.1) is 6.92 Å². The van der Waals surface area contributed by atoms with E-state index in [0.717, 1.165) is 16.1 Å². The molecule has 0 saturated carbocycles. The second kappa shape index (κ2) is 5.69. The first kappa shape index (κ1) is 12.6. The number of ether oxygens (including phenoxy) is 1. The van der Waals surface area contributed by atoms with Crippen LogP contribution < -0.4 is 5.32 Å². The smallest absolute Gasteiger partial charge is 0.333 e. The fraction of sp³-hybridized carbons (Fsp3) is 0.214. The number of methoxy groups -OCH3 is 1. The molecule has 1 aromatic carbocycles. The van der Waals surface area contributed by atoms with Gasteiger partial charge in [0.15, 0.2) is 6.04 Å². The van der Waals surface area contributed by atoms with Crippen molar-refractivity contribution in [2.45, 2.75) is 13.0 Å². The molecule has 1 heterocycles. The van der Waals surface area contributed by atoms with Gasteiger partial charge in [0, 0.05) is 10.6 Å². The van der Waals surface area contributed by atoms with Gasteiger partial charge in [-0.15, -0.1) is 11.3 Å². The third-order valence-electron chi connectivity index (χ3n) is 2.69. The lowest BCUT2D eigenvalue weighted by Crippen LogP contribution is -2.22. The largest absolute Gasteiger partial charge is 0.467 e. The van der Waals surface area contributed by atoms with Crippen LogP contribution in [0.4, 0.5) is 5.69 Å². The van der Waals surface area contributed by atoms with Gasteiger partial charge in [0.1, 0.15) is 0 Å². The topological polar surface area (TPSA) is 38.3 Å². The predicted octanol–water partition coefficient (Wildman–Crippen LogP) is 3.38. The average molecular weight is 261 g/mol. The van der Waals surface area contributed by atoms with Crippen LogP contribution in [0.5, 0.6) is 0 Å². The highest BCUT2D eigenvalue weighted by atomic mass is 32.1. The molecule has 2 aromatic rings. The van der Waals surface area contributed by atoms with Crippen molar-refractivity contribution in [1.29, 1.82) is 0 Å². The highest BCUT2D eigenvalue weighted by molar-refractivity contribution is 7.10. The van der Waals surface area contributed by atoms with Gasteiger partial charge in [-0.2, -0.15) is 0 Å². The molecular formula is C14H15NO2S. The van der Waals surface area contributed by atoms with E-state index in [0.29, 0.717) is 0 Å². The van der Waals surface area contributed by atoms with Crippen LogP contribution >= 0.6 is 11.3 Å². The molecule has 2 rings (SSSR count). The number of para-hydroxylation sites is 1. The lowest BCUT2D eigenvalue weighted by Gasteiger charge is -2.17. The van der Waals surface area contributed by atoms with Gasteiger partial charge in [-0.25, -0.2) is 4.79 Å². The summed E-state index contributed by atoms with van der Waals surface area (Å²) in [7, 11) is 1.41. The summed E-state index contributed by atoms with van der Waals surface area (Å²) >= 11 is 1.56. The van der Waals surface area contributed by atoms with Gasteiger partial charge in [-0.05, 0) is 36.1 Å². The van der Waals surface area contributed by atoms with Crippen LogP contribution in [0.1, 0.15) is 16.5 Å². The zero-order chi connectivity index (χ0) is 13.0. The minimum absolute atomic E-state index is 0.274. The first-order valence-electron chi connectivity index (χ1n) is 5.66. The van der Waals surface area contributed by atoms with E-state index < -0.39 is 6.04 Å². The fourth-order valence-electron chi connectivity index (χ4n) is 1.73. The molecule has 0 saturated heterocycles. The van der Waals surface area contributed by atoms with Gasteiger partial charge in [-0.1, -0.05) is 18.2 Å². The van der Waals surface area contributed by atoms with Gasteiger partial charge in [0.2, 0.25) is 0 Å². The predicted molar refractivity (Wildman–Crippen MR) is 73.9 cm³/mol. The third-order valence-corrected chi connectivity index (χ3v) is 3.77. The van der Waals surface area contributed by atoms with Crippen LogP contribution in [0.15, 0.2) is 41.8 Å². The molecule has 4 heteroatoms. The summed E-state index contributed by atoms with van der Waals surface area (Å²) < 4.78 is 4.87. The second-order valence-electron chi connectivity index (χ2n) is 3.93. The molecule has 1 atom stereocenters. The van der Waals surface area contributed by atoms with Crippen LogP contribution in [-0.2, 0) is 9.53 Å². The molecule has 0 spiro atoms. The Morgan fingerprint density at radius 3 is 2.56 bits per heavy atom. The van der Waals surface area contributed by atoms with Gasteiger partial charge in [-0.3, -0.25) is 0 Å². The molecule has 94 valence electrons. The average Bonchev–Trinajstić information content (AvgIpc) is 2.82. The summed E-state index contributed by atoms with van der Waals surface area (Å²) in [6.45, 7) is 1.99. The Labute approximate surface area is 110 Å². The van der Waals surface area contributed by atoms with E-state index in [4.69, 9.17) is 4.74 Å². The number of thiophene rings is 1. The Bertz CT molecular complexity index is 522. The number of benzene rings is 1. The van der Waals surface area contributed by atoms with E-state index in [-0.39, 0.29) is 5.97 Å². The first-order valence-corrected chi connectivity index (χ1v) is 6.53. The molecule has 1 aromatic heterocycles. The summed E-state index contributed by atoms with van der Waals surface area (Å²) in [5.41, 5.74) is 2.00. The second-order valence-corrected chi connectivity index (χ2v) is 4.88. The van der Waals surface area contributed by atoms with Crippen LogP contribution in [0.3, 0.4) is 0 Å². The minimum Gasteiger partial charge on any atom is -0.467 e. The normalized spacial score (nSPS) is 11.9. The van der Waals surface area contributed by atoms with E-state index in [9.17, 15) is 4.79 Å². The molecule has 0 amide bonds. The number of hydrogen-bond acceptors (Lipinski definition) is 4. The molecule has 3 nitrogen and oxygen atoms in total. The van der Waals surface area contributed by atoms with Crippen molar-refractivity contribution in [3.63, 3.8) is 0 Å². The molecule has 1 unspecified atom stereocenters. The molecule has 0 radical (unpaired) electrons. The number of esters is 1. The number of aryl methyl sites for hydroxylation is 1. The van der Waals surface area contributed by atoms with E-state index in [2.05, 4.69) is 5.32 Å². The lowest BCUT2D eigenvalue weighted by atomic mass is 10.1. The molecule has 18 heavy (non-hydrogen) atoms. The molecule has 0 fully saturated rings. The van der Waals surface area contributed by atoms with E-state index in [1.807, 2.05) is 48.7 Å². The monoisotopic (exact) mass is 261 g/mol. The zero-order valence-corrected chi connectivity index (χ0v) is 11.2. The van der Waals surface area contributed by atoms with E-state index in [1.165, 1.54) is 7.11 Å². The van der Waals surface area contributed by atoms with Crippen molar-refractivity contribution in [1.82, 2.24) is 0 Å². The van der Waals surface area contributed by atoms with Crippen molar-refractivity contribution in [2.24, 2.45) is 0 Å². The highest BCUT2D eigenvalue weighted by Gasteiger charge is 2.23. The molecule has 1 N–H and O–H groups in total. The molecule has 0 aliphatic carbocycles. The Hall–Kier alpha value is -1.81. The van der Waals surface area contributed by atoms with Crippen LogP contribution in [0.2, 0.25) is 0 Å². The minimum atomic E-state index is -0.447. The van der Waals surface area contributed by atoms with Crippen LogP contribution in [-0.4, -0.2) is 13.1 Å². The summed E-state index contributed by atoms with van der Waals surface area (Å²) in [6.07, 6.45) is 0. The van der Waals surface area contributed by atoms with Crippen molar-refractivity contribution in [3.05, 3.63) is 52.2 Å². The SMILES string of the molecule is COC(=O)C(Nc1ccccc1)c1sccc1C. The van der Waals surface area contributed by atoms with Crippen molar-refractivity contribution in [2.75, 3.05) is 12.4 Å². The van der Waals surface area contributed by atoms with Crippen molar-refractivity contribution < 1.29 is 9.53 Å². The van der Waals surface area contributed by atoms with Gasteiger partial charge < -0.3 is 10.1 Å². The first-order chi connectivity index (χ1) is 8.72. The number of rotatable bonds is 4. The van der Waals surface area contributed by atoms with Gasteiger partial charge in [0.25, 0.3) is 0 Å². The molecule has 0 aliphatic heterocycles. The number of anilines is 1. The Morgan fingerprint density at radius 1 is 1.28 bits per heavy atom. The maximum absolute atomic E-state index is 11.9. The number of hydrogen-bond donors (Lipinski definition) is 1. The quantitative estimate of drug-likeness (QED) is 0.857. The van der Waals surface area contributed by atoms with Gasteiger partial charge >= 0.3 is 5.97 Å². The van der Waals surface area contributed by atoms with Crippen molar-refractivity contribution >= 4 is 23.0 Å². The zero-order valence-electron chi connectivity index (χ0n) is 10.3. The summed E-state index contributed by atoms with van der Waals surface area (Å²) in [4.78, 5) is 12.9. The number of carbonyl (C=O) groups excluding carboxylic acids is 1. The lowest BCUT2D eigenvalue weighted by molar-refractivity contribution is -0.141. The van der Waals surface area contributed by atoms with E-state index >= 15 is 0 Å². The number of carbonyl (C=O) groups is 1. The van der Waals surface area contributed by atoms with Crippen molar-refractivity contribution in [3.8, 4) is 0 Å². The Balaban J connectivity index is 2.27. The molecule has 0 bridgehead atoms. The van der Waals surface area contributed by atoms with E-state index in [1.54, 1.807) is 11.3 Å². The summed E-state index contributed by atoms with van der Waals surface area (Å²) in [5.74, 6) is -0.274. The fourth-order valence-corrected chi connectivity index (χ4v) is 2.69. The maximum atomic E-state index is 11.9. The maximum Gasteiger partial charge on any atom is 0.333 e. The summed E-state index contributed by atoms with van der Waals surface area (Å²) in [6, 6.07) is 11.2. The Morgan fingerprint density at radius 2 is 2.00 bits per heavy atom. The number of nitrogens with one attached hydrogen (secondary N) is 1. The highest BCUT2D eigenvalue weighted by Crippen LogP contribution is 2.28. The standard InChI is InChI=1S/C14H15NO2S/c1-10-8-9-18-13(10)12(14(16)17-2)15-11-6-4-3-5-7-11/h3-9,12,15H,1-2H3. The Kier molecular flexibility index (Phi) is 3.99. The third kappa shape index (κ3) is 2.71.